The fourth-order valence-electron chi connectivity index (χ4n) is 3.00. The molecule has 1 aliphatic carbocycles. The molecule has 21 heavy (non-hydrogen) atoms. The molecule has 0 spiro atoms. The lowest BCUT2D eigenvalue weighted by Gasteiger charge is -2.20. The summed E-state index contributed by atoms with van der Waals surface area (Å²) in [5, 5.41) is 13.9. The molecule has 0 radical (unpaired) electrons. The summed E-state index contributed by atoms with van der Waals surface area (Å²) in [6, 6.07) is 18.5. The molecule has 1 heterocycles. The normalized spacial score (nSPS) is 24.1. The van der Waals surface area contributed by atoms with E-state index in [4.69, 9.17) is 4.74 Å². The van der Waals surface area contributed by atoms with Crippen molar-refractivity contribution in [1.82, 2.24) is 0 Å². The number of hydrogen-bond donors (Lipinski definition) is 1. The number of aliphatic hydroxyl groups is 1. The number of rotatable bonds is 4. The molecule has 1 N–H and O–H groups in total. The summed E-state index contributed by atoms with van der Waals surface area (Å²) in [6.07, 6.45) is 0.882. The molecule has 0 saturated heterocycles. The zero-order valence-corrected chi connectivity index (χ0v) is 12.3. The van der Waals surface area contributed by atoms with Crippen LogP contribution in [0.4, 0.5) is 0 Å². The number of benzene rings is 2. The van der Waals surface area contributed by atoms with Gasteiger partial charge in [-0.3, -0.25) is 0 Å². The predicted octanol–water partition coefficient (Wildman–Crippen LogP) is 4.19. The summed E-state index contributed by atoms with van der Waals surface area (Å²) in [4.78, 5) is 1.20. The topological polar surface area (TPSA) is 29.5 Å². The first-order valence-corrected chi connectivity index (χ1v) is 8.03. The van der Waals surface area contributed by atoms with Gasteiger partial charge in [0.15, 0.2) is 0 Å². The molecule has 3 heteroatoms. The molecule has 4 rings (SSSR count). The Balaban J connectivity index is 1.77. The molecule has 1 saturated carbocycles. The van der Waals surface area contributed by atoms with Crippen LogP contribution in [-0.2, 0) is 5.60 Å². The minimum Gasteiger partial charge on any atom is -0.481 e. The van der Waals surface area contributed by atoms with Gasteiger partial charge in [-0.2, -0.15) is 0 Å². The average Bonchev–Trinajstić information content (AvgIpc) is 2.97. The van der Waals surface area contributed by atoms with Crippen LogP contribution in [0.2, 0.25) is 0 Å². The maximum atomic E-state index is 9.56. The van der Waals surface area contributed by atoms with Gasteiger partial charge in [0.1, 0.15) is 11.4 Å². The molecular formula is C18H16O2S. The molecule has 3 aromatic rings. The van der Waals surface area contributed by atoms with E-state index in [0.717, 1.165) is 17.6 Å². The number of ether oxygens (including phenoxy) is 1. The number of hydrogen-bond acceptors (Lipinski definition) is 3. The van der Waals surface area contributed by atoms with Crippen LogP contribution < -0.4 is 4.74 Å². The van der Waals surface area contributed by atoms with Crippen molar-refractivity contribution in [3.05, 3.63) is 64.9 Å². The van der Waals surface area contributed by atoms with Crippen molar-refractivity contribution in [3.8, 4) is 5.75 Å². The van der Waals surface area contributed by atoms with Gasteiger partial charge < -0.3 is 9.84 Å². The molecule has 106 valence electrons. The Kier molecular flexibility index (Phi) is 2.98. The van der Waals surface area contributed by atoms with Crippen molar-refractivity contribution in [3.63, 3.8) is 0 Å². The average molecular weight is 296 g/mol. The van der Waals surface area contributed by atoms with Gasteiger partial charge >= 0.3 is 0 Å². The highest BCUT2D eigenvalue weighted by Gasteiger charge is 2.58. The molecule has 1 aromatic heterocycles. The lowest BCUT2D eigenvalue weighted by molar-refractivity contribution is 0.141. The van der Waals surface area contributed by atoms with E-state index in [2.05, 4.69) is 29.6 Å². The molecule has 2 aromatic carbocycles. The highest BCUT2D eigenvalue weighted by atomic mass is 32.1. The minimum atomic E-state index is -0.340. The van der Waals surface area contributed by atoms with Crippen molar-refractivity contribution in [2.45, 2.75) is 12.0 Å². The first kappa shape index (κ1) is 12.9. The van der Waals surface area contributed by atoms with E-state index in [1.165, 1.54) is 10.3 Å². The summed E-state index contributed by atoms with van der Waals surface area (Å²) >= 11 is 1.70. The number of fused-ring (bicyclic) bond motifs is 1. The second-order valence-electron chi connectivity index (χ2n) is 5.53. The van der Waals surface area contributed by atoms with Gasteiger partial charge in [0, 0.05) is 22.6 Å². The zero-order valence-electron chi connectivity index (χ0n) is 11.5. The van der Waals surface area contributed by atoms with Crippen LogP contribution in [0, 0.1) is 5.92 Å². The molecule has 0 bridgehead atoms. The van der Waals surface area contributed by atoms with Gasteiger partial charge in [-0.1, -0.05) is 42.5 Å². The Hall–Kier alpha value is -1.84. The van der Waals surface area contributed by atoms with E-state index in [-0.39, 0.29) is 18.1 Å². The van der Waals surface area contributed by atoms with E-state index in [1.807, 2.05) is 30.3 Å². The molecule has 2 nitrogen and oxygen atoms in total. The molecule has 1 aliphatic rings. The van der Waals surface area contributed by atoms with Crippen molar-refractivity contribution >= 4 is 22.1 Å². The van der Waals surface area contributed by atoms with Crippen LogP contribution in [0.15, 0.2) is 60.0 Å². The molecule has 0 aliphatic heterocycles. The van der Waals surface area contributed by atoms with E-state index >= 15 is 0 Å². The van der Waals surface area contributed by atoms with Crippen LogP contribution >= 0.6 is 11.3 Å². The fourth-order valence-corrected chi connectivity index (χ4v) is 3.95. The Morgan fingerprint density at radius 3 is 2.71 bits per heavy atom. The molecule has 0 amide bonds. The third-order valence-corrected chi connectivity index (χ3v) is 5.28. The quantitative estimate of drug-likeness (QED) is 0.782. The highest BCUT2D eigenvalue weighted by Crippen LogP contribution is 2.56. The molecule has 1 fully saturated rings. The number of aliphatic hydroxyl groups excluding tert-OH is 1. The molecular weight excluding hydrogens is 280 g/mol. The summed E-state index contributed by atoms with van der Waals surface area (Å²) in [7, 11) is 0. The lowest BCUT2D eigenvalue weighted by Crippen LogP contribution is -2.19. The largest absolute Gasteiger partial charge is 0.481 e. The standard InChI is InChI=1S/C18H16O2S/c19-12-14-11-18(14,17-9-4-10-21-17)20-16-8-3-6-13-5-1-2-7-15(13)16/h1-10,14,19H,11-12H2/t14-,18?/m0/s1. The van der Waals surface area contributed by atoms with Crippen LogP contribution in [0.5, 0.6) is 5.75 Å². The summed E-state index contributed by atoms with van der Waals surface area (Å²) in [5.74, 6) is 1.09. The summed E-state index contributed by atoms with van der Waals surface area (Å²) in [5.41, 5.74) is -0.340. The monoisotopic (exact) mass is 296 g/mol. The molecule has 2 atom stereocenters. The van der Waals surface area contributed by atoms with Crippen LogP contribution in [0.3, 0.4) is 0 Å². The van der Waals surface area contributed by atoms with Crippen LogP contribution in [0.25, 0.3) is 10.8 Å². The van der Waals surface area contributed by atoms with Crippen molar-refractivity contribution in [1.29, 1.82) is 0 Å². The van der Waals surface area contributed by atoms with Gasteiger partial charge in [-0.15, -0.1) is 11.3 Å². The van der Waals surface area contributed by atoms with E-state index in [1.54, 1.807) is 11.3 Å². The van der Waals surface area contributed by atoms with E-state index < -0.39 is 0 Å². The van der Waals surface area contributed by atoms with E-state index in [9.17, 15) is 5.11 Å². The first-order valence-electron chi connectivity index (χ1n) is 7.15. The van der Waals surface area contributed by atoms with E-state index in [0.29, 0.717) is 0 Å². The maximum Gasteiger partial charge on any atom is 0.149 e. The van der Waals surface area contributed by atoms with Gasteiger partial charge in [-0.05, 0) is 22.9 Å². The van der Waals surface area contributed by atoms with Gasteiger partial charge in [-0.25, -0.2) is 0 Å². The third kappa shape index (κ3) is 2.04. The Morgan fingerprint density at radius 2 is 1.95 bits per heavy atom. The zero-order chi connectivity index (χ0) is 14.3. The van der Waals surface area contributed by atoms with Crippen molar-refractivity contribution in [2.24, 2.45) is 5.92 Å². The predicted molar refractivity (Wildman–Crippen MR) is 85.8 cm³/mol. The Labute approximate surface area is 127 Å². The van der Waals surface area contributed by atoms with Crippen LogP contribution in [0.1, 0.15) is 11.3 Å². The van der Waals surface area contributed by atoms with Crippen molar-refractivity contribution in [2.75, 3.05) is 6.61 Å². The van der Waals surface area contributed by atoms with Gasteiger partial charge in [0.05, 0.1) is 6.61 Å². The van der Waals surface area contributed by atoms with Gasteiger partial charge in [0.2, 0.25) is 0 Å². The minimum absolute atomic E-state index is 0.169. The Morgan fingerprint density at radius 1 is 1.10 bits per heavy atom. The second kappa shape index (κ2) is 4.86. The smallest absolute Gasteiger partial charge is 0.149 e. The summed E-state index contributed by atoms with van der Waals surface area (Å²) < 4.78 is 6.42. The third-order valence-electron chi connectivity index (χ3n) is 4.25. The lowest BCUT2D eigenvalue weighted by atomic mass is 10.1. The fraction of sp³-hybridized carbons (Fsp3) is 0.222. The first-order chi connectivity index (χ1) is 10.3. The van der Waals surface area contributed by atoms with Crippen molar-refractivity contribution < 1.29 is 9.84 Å². The SMILES string of the molecule is OC[C@@H]1CC1(Oc1cccc2ccccc12)c1cccs1. The highest BCUT2D eigenvalue weighted by molar-refractivity contribution is 7.10. The van der Waals surface area contributed by atoms with Crippen LogP contribution in [-0.4, -0.2) is 11.7 Å². The Bertz CT molecular complexity index is 760. The van der Waals surface area contributed by atoms with Gasteiger partial charge in [0.25, 0.3) is 0 Å². The second-order valence-corrected chi connectivity index (χ2v) is 6.48. The number of thiophene rings is 1. The molecule has 1 unspecified atom stereocenters. The summed E-state index contributed by atoms with van der Waals surface area (Å²) in [6.45, 7) is 0.169. The maximum absolute atomic E-state index is 9.56.